The van der Waals surface area contributed by atoms with Crippen molar-refractivity contribution in [1.82, 2.24) is 0 Å². The van der Waals surface area contributed by atoms with Crippen LogP contribution < -0.4 is 0 Å². The molecule has 11 heavy (non-hydrogen) atoms. The van der Waals surface area contributed by atoms with Gasteiger partial charge in [-0.05, 0) is 6.92 Å². The van der Waals surface area contributed by atoms with Crippen molar-refractivity contribution in [2.75, 3.05) is 0 Å². The highest BCUT2D eigenvalue weighted by Gasteiger charge is 2.18. The second kappa shape index (κ2) is 4.05. The molecule has 2 N–H and O–H groups in total. The van der Waals surface area contributed by atoms with Crippen LogP contribution in [0.15, 0.2) is 0 Å². The van der Waals surface area contributed by atoms with Gasteiger partial charge in [0.05, 0.1) is 0 Å². The van der Waals surface area contributed by atoms with Gasteiger partial charge in [0.25, 0.3) is 6.29 Å². The lowest BCUT2D eigenvalue weighted by Crippen LogP contribution is -2.29. The van der Waals surface area contributed by atoms with Crippen LogP contribution in [0.1, 0.15) is 13.8 Å². The summed E-state index contributed by atoms with van der Waals surface area (Å²) in [5.74, 6) is -1.70. The monoisotopic (exact) mass is 162 g/mol. The normalized spacial score (nSPS) is 15.3. The Morgan fingerprint density at radius 3 is 2.09 bits per heavy atom. The van der Waals surface area contributed by atoms with Crippen molar-refractivity contribution in [3.05, 3.63) is 0 Å². The fourth-order valence-corrected chi connectivity index (χ4v) is 0.291. The third-order valence-electron chi connectivity index (χ3n) is 0.917. The summed E-state index contributed by atoms with van der Waals surface area (Å²) in [6.45, 7) is 2.25. The molecule has 0 aromatic rings. The average molecular weight is 162 g/mol. The molecule has 0 heterocycles. The number of carbonyl (C=O) groups excluding carboxylic acids is 2. The smallest absolute Gasteiger partial charge is 0.337 e. The fourth-order valence-electron chi connectivity index (χ4n) is 0.291. The Labute approximate surface area is 63.6 Å². The molecule has 0 saturated carbocycles. The first kappa shape index (κ1) is 10.1. The van der Waals surface area contributed by atoms with Gasteiger partial charge in [0, 0.05) is 6.92 Å². The minimum Gasteiger partial charge on any atom is -0.426 e. The molecule has 0 amide bonds. The van der Waals surface area contributed by atoms with Crippen LogP contribution in [0.3, 0.4) is 0 Å². The zero-order valence-electron chi connectivity index (χ0n) is 6.27. The number of ketones is 1. The molecule has 0 fully saturated rings. The summed E-state index contributed by atoms with van der Waals surface area (Å²) in [6.07, 6.45) is -3.10. The predicted molar refractivity (Wildman–Crippen MR) is 34.5 cm³/mol. The average Bonchev–Trinajstić information content (AvgIpc) is 1.87. The minimum absolute atomic E-state index is 0.681. The Balaban J connectivity index is 3.85. The Morgan fingerprint density at radius 1 is 1.36 bits per heavy atom. The number of hydrogen-bond acceptors (Lipinski definition) is 5. The molecule has 64 valence electrons. The number of aliphatic hydroxyl groups excluding tert-OH is 2. The Morgan fingerprint density at radius 2 is 1.82 bits per heavy atom. The third kappa shape index (κ3) is 3.69. The van der Waals surface area contributed by atoms with E-state index >= 15 is 0 Å². The van der Waals surface area contributed by atoms with Gasteiger partial charge in [-0.25, -0.2) is 4.79 Å². The number of ether oxygens (including phenoxy) is 1. The van der Waals surface area contributed by atoms with Gasteiger partial charge in [0.2, 0.25) is 0 Å². The molecule has 0 aliphatic rings. The molecule has 0 spiro atoms. The van der Waals surface area contributed by atoms with Gasteiger partial charge in [0.15, 0.2) is 5.78 Å². The lowest BCUT2D eigenvalue weighted by molar-refractivity contribution is -0.180. The minimum atomic E-state index is -1.77. The van der Waals surface area contributed by atoms with Gasteiger partial charge in [-0.1, -0.05) is 0 Å². The molecule has 0 aliphatic heterocycles. The van der Waals surface area contributed by atoms with E-state index in [9.17, 15) is 9.59 Å². The molecular weight excluding hydrogens is 152 g/mol. The molecule has 0 saturated heterocycles. The van der Waals surface area contributed by atoms with Gasteiger partial charge in [0.1, 0.15) is 6.10 Å². The first-order chi connectivity index (χ1) is 4.95. The van der Waals surface area contributed by atoms with Crippen molar-refractivity contribution in [3.63, 3.8) is 0 Å². The Hall–Kier alpha value is -0.940. The molecule has 2 unspecified atom stereocenters. The summed E-state index contributed by atoms with van der Waals surface area (Å²) in [7, 11) is 0. The highest BCUT2D eigenvalue weighted by atomic mass is 16.6. The first-order valence-corrected chi connectivity index (χ1v) is 3.02. The lowest BCUT2D eigenvalue weighted by atomic mass is 10.4. The summed E-state index contributed by atoms with van der Waals surface area (Å²) in [5.41, 5.74) is 0. The molecule has 0 aromatic heterocycles. The second-order valence-electron chi connectivity index (χ2n) is 2.08. The van der Waals surface area contributed by atoms with Gasteiger partial charge in [-0.3, -0.25) is 4.79 Å². The fraction of sp³-hybridized carbons (Fsp3) is 0.667. The van der Waals surface area contributed by atoms with Crippen molar-refractivity contribution in [1.29, 1.82) is 0 Å². The SMILES string of the molecule is CC(=O)C(O)OC(=O)C(C)O. The Kier molecular flexibility index (Phi) is 3.70. The van der Waals surface area contributed by atoms with Gasteiger partial charge < -0.3 is 14.9 Å². The molecule has 2 atom stereocenters. The summed E-state index contributed by atoms with van der Waals surface area (Å²) >= 11 is 0. The van der Waals surface area contributed by atoms with Crippen LogP contribution in [0.25, 0.3) is 0 Å². The van der Waals surface area contributed by atoms with E-state index < -0.39 is 24.1 Å². The van der Waals surface area contributed by atoms with E-state index in [4.69, 9.17) is 10.2 Å². The van der Waals surface area contributed by atoms with Crippen molar-refractivity contribution in [3.8, 4) is 0 Å². The van der Waals surface area contributed by atoms with Crippen LogP contribution in [-0.2, 0) is 14.3 Å². The van der Waals surface area contributed by atoms with Crippen molar-refractivity contribution in [2.45, 2.75) is 26.2 Å². The largest absolute Gasteiger partial charge is 0.426 e. The number of rotatable bonds is 3. The van der Waals surface area contributed by atoms with E-state index in [1.807, 2.05) is 0 Å². The number of aliphatic hydroxyl groups is 2. The summed E-state index contributed by atoms with van der Waals surface area (Å²) in [4.78, 5) is 20.8. The maximum atomic E-state index is 10.5. The van der Waals surface area contributed by atoms with E-state index in [0.717, 1.165) is 6.92 Å². The Bertz CT molecular complexity index is 162. The zero-order valence-corrected chi connectivity index (χ0v) is 6.27. The quantitative estimate of drug-likeness (QED) is 0.403. The van der Waals surface area contributed by atoms with Crippen LogP contribution in [0.4, 0.5) is 0 Å². The van der Waals surface area contributed by atoms with E-state index in [-0.39, 0.29) is 0 Å². The first-order valence-electron chi connectivity index (χ1n) is 3.02. The van der Waals surface area contributed by atoms with Crippen LogP contribution in [0, 0.1) is 0 Å². The van der Waals surface area contributed by atoms with Crippen LogP contribution in [0.5, 0.6) is 0 Å². The predicted octanol–water partition coefficient (Wildman–Crippen LogP) is -1.18. The highest BCUT2D eigenvalue weighted by molar-refractivity contribution is 5.82. The van der Waals surface area contributed by atoms with E-state index in [0.29, 0.717) is 0 Å². The molecule has 0 aliphatic carbocycles. The van der Waals surface area contributed by atoms with E-state index in [1.54, 1.807) is 0 Å². The molecular formula is C6H10O5. The van der Waals surface area contributed by atoms with E-state index in [2.05, 4.69) is 4.74 Å². The highest BCUT2D eigenvalue weighted by Crippen LogP contribution is 1.93. The van der Waals surface area contributed by atoms with Crippen molar-refractivity contribution < 1.29 is 24.5 Å². The van der Waals surface area contributed by atoms with Crippen LogP contribution in [0.2, 0.25) is 0 Å². The standard InChI is InChI=1S/C6H10O5/c1-3(7)5(9)11-6(10)4(2)8/h3,6-7,10H,1-2H3. The topological polar surface area (TPSA) is 83.8 Å². The lowest BCUT2D eigenvalue weighted by Gasteiger charge is -2.09. The van der Waals surface area contributed by atoms with Crippen molar-refractivity contribution in [2.24, 2.45) is 0 Å². The maximum Gasteiger partial charge on any atom is 0.337 e. The van der Waals surface area contributed by atoms with E-state index in [1.165, 1.54) is 6.92 Å². The second-order valence-corrected chi connectivity index (χ2v) is 2.08. The molecule has 5 nitrogen and oxygen atoms in total. The molecule has 0 aromatic carbocycles. The summed E-state index contributed by atoms with van der Waals surface area (Å²) < 4.78 is 4.09. The molecule has 0 rings (SSSR count). The zero-order chi connectivity index (χ0) is 9.02. The van der Waals surface area contributed by atoms with Gasteiger partial charge in [-0.15, -0.1) is 0 Å². The van der Waals surface area contributed by atoms with Crippen LogP contribution in [-0.4, -0.2) is 34.4 Å². The van der Waals surface area contributed by atoms with Crippen molar-refractivity contribution >= 4 is 11.8 Å². The van der Waals surface area contributed by atoms with Gasteiger partial charge >= 0.3 is 5.97 Å². The number of esters is 1. The number of Topliss-reactive ketones (excluding diaryl/α,β-unsaturated/α-hetero) is 1. The molecule has 5 heteroatoms. The third-order valence-corrected chi connectivity index (χ3v) is 0.917. The molecule has 0 radical (unpaired) electrons. The number of hydrogen-bond donors (Lipinski definition) is 2. The van der Waals surface area contributed by atoms with Crippen LogP contribution >= 0.6 is 0 Å². The summed E-state index contributed by atoms with van der Waals surface area (Å²) in [5, 5.41) is 17.2. The maximum absolute atomic E-state index is 10.5. The van der Waals surface area contributed by atoms with Gasteiger partial charge in [-0.2, -0.15) is 0 Å². The summed E-state index contributed by atoms with van der Waals surface area (Å²) in [6, 6.07) is 0. The molecule has 0 bridgehead atoms. The number of carbonyl (C=O) groups is 2.